The Kier molecular flexibility index (Phi) is 5.79. The summed E-state index contributed by atoms with van der Waals surface area (Å²) in [5.41, 5.74) is 6.07. The monoisotopic (exact) mass is 266 g/mol. The Bertz CT molecular complexity index is 402. The van der Waals surface area contributed by atoms with E-state index in [1.807, 2.05) is 24.3 Å². The lowest BCUT2D eigenvalue weighted by Crippen LogP contribution is -2.42. The van der Waals surface area contributed by atoms with Gasteiger partial charge in [0, 0.05) is 19.2 Å². The van der Waals surface area contributed by atoms with Crippen molar-refractivity contribution in [2.75, 3.05) is 20.3 Å². The molecule has 5 heteroatoms. The normalized spacial score (nSPS) is 11.3. The van der Waals surface area contributed by atoms with E-state index >= 15 is 0 Å². The quantitative estimate of drug-likeness (QED) is 0.738. The summed E-state index contributed by atoms with van der Waals surface area (Å²) in [5, 5.41) is 3.41. The van der Waals surface area contributed by atoms with Crippen molar-refractivity contribution in [1.82, 2.24) is 5.32 Å². The van der Waals surface area contributed by atoms with Gasteiger partial charge in [0.1, 0.15) is 5.75 Å². The molecule has 19 heavy (non-hydrogen) atoms. The Morgan fingerprint density at radius 3 is 2.47 bits per heavy atom. The number of methoxy groups -OCH3 is 1. The number of primary amides is 1. The first kappa shape index (κ1) is 15.5. The Hall–Kier alpha value is -1.59. The molecule has 106 valence electrons. The molecule has 0 saturated heterocycles. The van der Waals surface area contributed by atoms with Crippen LogP contribution in [0, 0.1) is 0 Å². The van der Waals surface area contributed by atoms with Crippen molar-refractivity contribution in [3.05, 3.63) is 29.8 Å². The summed E-state index contributed by atoms with van der Waals surface area (Å²) in [7, 11) is 1.69. The third-order valence-electron chi connectivity index (χ3n) is 2.58. The van der Waals surface area contributed by atoms with E-state index in [9.17, 15) is 4.79 Å². The van der Waals surface area contributed by atoms with E-state index in [0.717, 1.165) is 12.1 Å². The predicted octanol–water partition coefficient (Wildman–Crippen LogP) is 1.07. The maximum Gasteiger partial charge on any atom is 0.255 e. The van der Waals surface area contributed by atoms with Crippen molar-refractivity contribution in [2.45, 2.75) is 25.9 Å². The zero-order chi connectivity index (χ0) is 14.3. The molecule has 0 aliphatic heterocycles. The molecule has 0 aromatic heterocycles. The molecule has 1 aromatic rings. The summed E-state index contributed by atoms with van der Waals surface area (Å²) in [6, 6.07) is 7.55. The number of nitrogens with one attached hydrogen (secondary N) is 1. The summed E-state index contributed by atoms with van der Waals surface area (Å²) >= 11 is 0. The third kappa shape index (κ3) is 6.22. The molecule has 0 aliphatic carbocycles. The molecule has 0 unspecified atom stereocenters. The van der Waals surface area contributed by atoms with Crippen LogP contribution in [-0.4, -0.2) is 31.8 Å². The molecule has 5 nitrogen and oxygen atoms in total. The highest BCUT2D eigenvalue weighted by Crippen LogP contribution is 2.13. The maximum atomic E-state index is 10.6. The van der Waals surface area contributed by atoms with Crippen LogP contribution in [0.1, 0.15) is 19.4 Å². The molecule has 1 amide bonds. The highest BCUT2D eigenvalue weighted by molar-refractivity contribution is 5.75. The van der Waals surface area contributed by atoms with Crippen molar-refractivity contribution in [3.8, 4) is 5.75 Å². The van der Waals surface area contributed by atoms with E-state index < -0.39 is 5.91 Å². The number of nitrogens with two attached hydrogens (primary N) is 1. The topological polar surface area (TPSA) is 73.6 Å². The zero-order valence-electron chi connectivity index (χ0n) is 11.7. The van der Waals surface area contributed by atoms with Crippen LogP contribution in [0.5, 0.6) is 5.75 Å². The number of amides is 1. The van der Waals surface area contributed by atoms with E-state index in [2.05, 4.69) is 19.2 Å². The first-order valence-corrected chi connectivity index (χ1v) is 6.17. The van der Waals surface area contributed by atoms with Gasteiger partial charge in [-0.2, -0.15) is 0 Å². The highest BCUT2D eigenvalue weighted by Gasteiger charge is 2.15. The van der Waals surface area contributed by atoms with Crippen LogP contribution in [-0.2, 0) is 16.1 Å². The molecular weight excluding hydrogens is 244 g/mol. The van der Waals surface area contributed by atoms with Crippen molar-refractivity contribution < 1.29 is 14.3 Å². The maximum absolute atomic E-state index is 10.6. The summed E-state index contributed by atoms with van der Waals surface area (Å²) in [6.07, 6.45) is 0. The highest BCUT2D eigenvalue weighted by atomic mass is 16.5. The van der Waals surface area contributed by atoms with Gasteiger partial charge >= 0.3 is 0 Å². The van der Waals surface area contributed by atoms with Crippen LogP contribution in [0.4, 0.5) is 0 Å². The van der Waals surface area contributed by atoms with E-state index in [-0.39, 0.29) is 12.1 Å². The second-order valence-corrected chi connectivity index (χ2v) is 5.07. The van der Waals surface area contributed by atoms with Gasteiger partial charge < -0.3 is 20.5 Å². The van der Waals surface area contributed by atoms with Crippen molar-refractivity contribution in [3.63, 3.8) is 0 Å². The number of benzene rings is 1. The molecule has 0 aliphatic rings. The Morgan fingerprint density at radius 1 is 1.32 bits per heavy atom. The van der Waals surface area contributed by atoms with Gasteiger partial charge in [0.15, 0.2) is 6.61 Å². The molecule has 0 saturated carbocycles. The first-order chi connectivity index (χ1) is 8.93. The second kappa shape index (κ2) is 7.11. The van der Waals surface area contributed by atoms with Gasteiger partial charge in [-0.1, -0.05) is 12.1 Å². The van der Waals surface area contributed by atoms with E-state index in [4.69, 9.17) is 15.2 Å². The minimum absolute atomic E-state index is 0.0735. The fourth-order valence-electron chi connectivity index (χ4n) is 1.61. The third-order valence-corrected chi connectivity index (χ3v) is 2.58. The van der Waals surface area contributed by atoms with Crippen LogP contribution in [0.15, 0.2) is 24.3 Å². The predicted molar refractivity (Wildman–Crippen MR) is 73.9 cm³/mol. The smallest absolute Gasteiger partial charge is 0.255 e. The molecule has 0 atom stereocenters. The summed E-state index contributed by atoms with van der Waals surface area (Å²) in [6.45, 7) is 5.46. The van der Waals surface area contributed by atoms with Gasteiger partial charge in [-0.05, 0) is 31.5 Å². The summed E-state index contributed by atoms with van der Waals surface area (Å²) in [4.78, 5) is 10.6. The average molecular weight is 266 g/mol. The minimum atomic E-state index is -0.480. The lowest BCUT2D eigenvalue weighted by Gasteiger charge is -2.25. The van der Waals surface area contributed by atoms with Crippen LogP contribution < -0.4 is 15.8 Å². The van der Waals surface area contributed by atoms with Crippen molar-refractivity contribution in [1.29, 1.82) is 0 Å². The van der Waals surface area contributed by atoms with Gasteiger partial charge in [-0.25, -0.2) is 0 Å². The van der Waals surface area contributed by atoms with Crippen molar-refractivity contribution >= 4 is 5.91 Å². The standard InChI is InChI=1S/C14H22N2O3/c1-14(2,10-18-3)16-8-11-4-6-12(7-5-11)19-9-13(15)17/h4-7,16H,8-10H2,1-3H3,(H2,15,17). The fourth-order valence-corrected chi connectivity index (χ4v) is 1.61. The van der Waals surface area contributed by atoms with Gasteiger partial charge in [0.05, 0.1) is 6.61 Å². The van der Waals surface area contributed by atoms with E-state index in [1.54, 1.807) is 7.11 Å². The minimum Gasteiger partial charge on any atom is -0.484 e. The van der Waals surface area contributed by atoms with E-state index in [1.165, 1.54) is 0 Å². The summed E-state index contributed by atoms with van der Waals surface area (Å²) in [5.74, 6) is 0.158. The number of hydrogen-bond acceptors (Lipinski definition) is 4. The van der Waals surface area contributed by atoms with Crippen LogP contribution >= 0.6 is 0 Å². The fraction of sp³-hybridized carbons (Fsp3) is 0.500. The Labute approximate surface area is 114 Å². The van der Waals surface area contributed by atoms with E-state index in [0.29, 0.717) is 12.4 Å². The van der Waals surface area contributed by atoms with Crippen LogP contribution in [0.25, 0.3) is 0 Å². The molecule has 1 aromatic carbocycles. The zero-order valence-corrected chi connectivity index (χ0v) is 11.7. The number of carbonyl (C=O) groups is 1. The molecular formula is C14H22N2O3. The number of carbonyl (C=O) groups excluding carboxylic acids is 1. The Balaban J connectivity index is 2.46. The Morgan fingerprint density at radius 2 is 1.95 bits per heavy atom. The lowest BCUT2D eigenvalue weighted by atomic mass is 10.1. The van der Waals surface area contributed by atoms with Gasteiger partial charge in [0.25, 0.3) is 5.91 Å². The molecule has 0 fully saturated rings. The van der Waals surface area contributed by atoms with Crippen LogP contribution in [0.2, 0.25) is 0 Å². The summed E-state index contributed by atoms with van der Waals surface area (Å²) < 4.78 is 10.3. The number of ether oxygens (including phenoxy) is 2. The molecule has 1 rings (SSSR count). The number of hydrogen-bond donors (Lipinski definition) is 2. The van der Waals surface area contributed by atoms with Crippen LogP contribution in [0.3, 0.4) is 0 Å². The first-order valence-electron chi connectivity index (χ1n) is 6.17. The van der Waals surface area contributed by atoms with Gasteiger partial charge in [-0.15, -0.1) is 0 Å². The second-order valence-electron chi connectivity index (χ2n) is 5.07. The number of rotatable bonds is 8. The molecule has 0 radical (unpaired) electrons. The molecule has 3 N–H and O–H groups in total. The van der Waals surface area contributed by atoms with Crippen molar-refractivity contribution in [2.24, 2.45) is 5.73 Å². The largest absolute Gasteiger partial charge is 0.484 e. The molecule has 0 bridgehead atoms. The van der Waals surface area contributed by atoms with Gasteiger partial charge in [0.2, 0.25) is 0 Å². The molecule has 0 heterocycles. The van der Waals surface area contributed by atoms with Gasteiger partial charge in [-0.3, -0.25) is 4.79 Å². The SMILES string of the molecule is COCC(C)(C)NCc1ccc(OCC(N)=O)cc1. The molecule has 0 spiro atoms. The lowest BCUT2D eigenvalue weighted by molar-refractivity contribution is -0.119. The average Bonchev–Trinajstić information content (AvgIpc) is 2.35.